The summed E-state index contributed by atoms with van der Waals surface area (Å²) in [6, 6.07) is 3.39. The molecule has 0 atom stereocenters. The topological polar surface area (TPSA) is 55.8 Å². The first-order valence-corrected chi connectivity index (χ1v) is 5.08. The van der Waals surface area contributed by atoms with Crippen LogP contribution in [0.25, 0.3) is 0 Å². The molecule has 1 aromatic rings. The second-order valence-corrected chi connectivity index (χ2v) is 4.21. The minimum Gasteiger partial charge on any atom is -0.477 e. The van der Waals surface area contributed by atoms with Gasteiger partial charge in [0, 0.05) is 4.88 Å². The predicted molar refractivity (Wildman–Crippen MR) is 50.7 cm³/mol. The van der Waals surface area contributed by atoms with Gasteiger partial charge in [-0.15, -0.1) is 11.3 Å². The van der Waals surface area contributed by atoms with E-state index in [1.807, 2.05) is 0 Å². The maximum Gasteiger partial charge on any atom is 0.345 e. The molecule has 0 amide bonds. The molecule has 0 bridgehead atoms. The molecule has 0 aromatic carbocycles. The highest BCUT2D eigenvalue weighted by Gasteiger charge is 2.19. The zero-order chi connectivity index (χ0) is 9.97. The number of carboxylic acids is 1. The smallest absolute Gasteiger partial charge is 0.345 e. The Morgan fingerprint density at radius 2 is 2.43 bits per heavy atom. The number of carboxylic acid groups (broad SMARTS) is 1. The van der Waals surface area contributed by atoms with Gasteiger partial charge in [-0.3, -0.25) is 0 Å². The van der Waals surface area contributed by atoms with Gasteiger partial charge in [0.25, 0.3) is 0 Å². The van der Waals surface area contributed by atoms with Crippen LogP contribution in [0.5, 0.6) is 0 Å². The molecule has 4 nitrogen and oxygen atoms in total. The number of rotatable bonds is 4. The Labute approximate surface area is 85.1 Å². The highest BCUT2D eigenvalue weighted by molar-refractivity contribution is 7.13. The molecule has 1 N–H and O–H groups in total. The lowest BCUT2D eigenvalue weighted by molar-refractivity contribution is -0.134. The third-order valence-corrected chi connectivity index (χ3v) is 2.99. The van der Waals surface area contributed by atoms with E-state index < -0.39 is 5.97 Å². The molecule has 2 rings (SSSR count). The molecule has 0 radical (unpaired) electrons. The molecule has 1 aliphatic heterocycles. The van der Waals surface area contributed by atoms with Gasteiger partial charge in [-0.2, -0.15) is 0 Å². The summed E-state index contributed by atoms with van der Waals surface area (Å²) in [4.78, 5) is 11.9. The van der Waals surface area contributed by atoms with E-state index in [1.165, 1.54) is 11.3 Å². The van der Waals surface area contributed by atoms with Gasteiger partial charge in [-0.05, 0) is 12.1 Å². The molecule has 2 heterocycles. The maximum atomic E-state index is 10.6. The van der Waals surface area contributed by atoms with Crippen molar-refractivity contribution < 1.29 is 19.4 Å². The molecular weight excluding hydrogens is 204 g/mol. The average molecular weight is 214 g/mol. The van der Waals surface area contributed by atoms with E-state index in [1.54, 1.807) is 12.1 Å². The van der Waals surface area contributed by atoms with E-state index in [9.17, 15) is 4.79 Å². The van der Waals surface area contributed by atoms with Crippen LogP contribution in [0.3, 0.4) is 0 Å². The van der Waals surface area contributed by atoms with Crippen LogP contribution in [0.15, 0.2) is 12.1 Å². The first-order chi connectivity index (χ1) is 6.75. The van der Waals surface area contributed by atoms with Crippen LogP contribution in [0.1, 0.15) is 14.5 Å². The van der Waals surface area contributed by atoms with Crippen molar-refractivity contribution in [2.24, 2.45) is 0 Å². The number of hydrogen-bond donors (Lipinski definition) is 1. The van der Waals surface area contributed by atoms with E-state index in [2.05, 4.69) is 0 Å². The largest absolute Gasteiger partial charge is 0.477 e. The Kier molecular flexibility index (Phi) is 2.81. The molecule has 0 saturated carbocycles. The van der Waals surface area contributed by atoms with Gasteiger partial charge < -0.3 is 14.6 Å². The summed E-state index contributed by atoms with van der Waals surface area (Å²) in [5, 5.41) is 8.68. The van der Waals surface area contributed by atoms with Gasteiger partial charge in [0.1, 0.15) is 11.0 Å². The molecule has 1 fully saturated rings. The standard InChI is InChI=1S/C9H10O4S/c10-9(11)8-2-1-7(14-8)5-13-6-3-12-4-6/h1-2,6H,3-5H2,(H,10,11). The number of hydrogen-bond acceptors (Lipinski definition) is 4. The normalized spacial score (nSPS) is 16.6. The predicted octanol–water partition coefficient (Wildman–Crippen LogP) is 1.36. The van der Waals surface area contributed by atoms with Crippen molar-refractivity contribution >= 4 is 17.3 Å². The van der Waals surface area contributed by atoms with Crippen molar-refractivity contribution in [2.45, 2.75) is 12.7 Å². The van der Waals surface area contributed by atoms with Crippen molar-refractivity contribution in [3.8, 4) is 0 Å². The minimum atomic E-state index is -0.881. The third-order valence-electron chi connectivity index (χ3n) is 1.94. The lowest BCUT2D eigenvalue weighted by Crippen LogP contribution is -2.35. The van der Waals surface area contributed by atoms with Crippen LogP contribution in [0, 0.1) is 0 Å². The van der Waals surface area contributed by atoms with Crippen molar-refractivity contribution in [3.63, 3.8) is 0 Å². The van der Waals surface area contributed by atoms with Crippen molar-refractivity contribution in [2.75, 3.05) is 13.2 Å². The third kappa shape index (κ3) is 2.12. The zero-order valence-corrected chi connectivity index (χ0v) is 8.25. The molecule has 1 aliphatic rings. The number of carbonyl (C=O) groups is 1. The summed E-state index contributed by atoms with van der Waals surface area (Å²) in [6.45, 7) is 1.78. The van der Waals surface area contributed by atoms with Crippen LogP contribution >= 0.6 is 11.3 Å². The summed E-state index contributed by atoms with van der Waals surface area (Å²) < 4.78 is 10.4. The quantitative estimate of drug-likeness (QED) is 0.822. The van der Waals surface area contributed by atoms with Gasteiger partial charge in [-0.25, -0.2) is 4.79 Å². The van der Waals surface area contributed by atoms with Crippen LogP contribution in [0.4, 0.5) is 0 Å². The van der Waals surface area contributed by atoms with E-state index in [4.69, 9.17) is 14.6 Å². The second kappa shape index (κ2) is 4.08. The van der Waals surface area contributed by atoms with E-state index in [-0.39, 0.29) is 6.10 Å². The molecule has 0 spiro atoms. The Bertz CT molecular complexity index is 329. The number of ether oxygens (including phenoxy) is 2. The van der Waals surface area contributed by atoms with E-state index >= 15 is 0 Å². The zero-order valence-electron chi connectivity index (χ0n) is 7.43. The van der Waals surface area contributed by atoms with Gasteiger partial charge in [0.15, 0.2) is 0 Å². The number of aromatic carboxylic acids is 1. The first-order valence-electron chi connectivity index (χ1n) is 4.27. The fraction of sp³-hybridized carbons (Fsp3) is 0.444. The van der Waals surface area contributed by atoms with E-state index in [0.717, 1.165) is 4.88 Å². The molecular formula is C9H10O4S. The van der Waals surface area contributed by atoms with Crippen molar-refractivity contribution in [1.29, 1.82) is 0 Å². The Morgan fingerprint density at radius 3 is 2.93 bits per heavy atom. The lowest BCUT2D eigenvalue weighted by atomic mass is 10.3. The lowest BCUT2D eigenvalue weighted by Gasteiger charge is -2.25. The fourth-order valence-corrected chi connectivity index (χ4v) is 1.85. The SMILES string of the molecule is O=C(O)c1ccc(COC2COC2)s1. The molecule has 0 aliphatic carbocycles. The molecule has 5 heteroatoms. The van der Waals surface area contributed by atoms with Crippen LogP contribution < -0.4 is 0 Å². The van der Waals surface area contributed by atoms with Gasteiger partial charge in [0.2, 0.25) is 0 Å². The van der Waals surface area contributed by atoms with Crippen molar-refractivity contribution in [1.82, 2.24) is 0 Å². The minimum absolute atomic E-state index is 0.186. The monoisotopic (exact) mass is 214 g/mol. The summed E-state index contributed by atoms with van der Waals surface area (Å²) >= 11 is 1.25. The van der Waals surface area contributed by atoms with Crippen molar-refractivity contribution in [3.05, 3.63) is 21.9 Å². The summed E-state index contributed by atoms with van der Waals surface area (Å²) in [5.41, 5.74) is 0. The van der Waals surface area contributed by atoms with Crippen LogP contribution in [-0.2, 0) is 16.1 Å². The van der Waals surface area contributed by atoms with Gasteiger partial charge in [-0.1, -0.05) is 0 Å². The summed E-state index contributed by atoms with van der Waals surface area (Å²) in [5.74, 6) is -0.881. The van der Waals surface area contributed by atoms with E-state index in [0.29, 0.717) is 24.7 Å². The molecule has 0 unspecified atom stereocenters. The highest BCUT2D eigenvalue weighted by Crippen LogP contribution is 2.18. The van der Waals surface area contributed by atoms with Crippen LogP contribution in [0.2, 0.25) is 0 Å². The molecule has 1 aromatic heterocycles. The first kappa shape index (κ1) is 9.64. The fourth-order valence-electron chi connectivity index (χ4n) is 1.08. The Balaban J connectivity index is 1.86. The second-order valence-electron chi connectivity index (χ2n) is 3.04. The molecule has 14 heavy (non-hydrogen) atoms. The maximum absolute atomic E-state index is 10.6. The number of thiophene rings is 1. The van der Waals surface area contributed by atoms with Crippen LogP contribution in [-0.4, -0.2) is 30.4 Å². The Hall–Kier alpha value is -0.910. The molecule has 1 saturated heterocycles. The summed E-state index contributed by atoms with van der Waals surface area (Å²) in [7, 11) is 0. The summed E-state index contributed by atoms with van der Waals surface area (Å²) in [6.07, 6.45) is 0.186. The average Bonchev–Trinajstić information content (AvgIpc) is 2.50. The molecule has 76 valence electrons. The Morgan fingerprint density at radius 1 is 1.64 bits per heavy atom. The van der Waals surface area contributed by atoms with Gasteiger partial charge in [0.05, 0.1) is 19.8 Å². The highest BCUT2D eigenvalue weighted by atomic mass is 32.1. The van der Waals surface area contributed by atoms with Gasteiger partial charge >= 0.3 is 5.97 Å².